The van der Waals surface area contributed by atoms with Gasteiger partial charge in [0, 0.05) is 35.0 Å². The summed E-state index contributed by atoms with van der Waals surface area (Å²) in [5, 5.41) is 10.6. The lowest BCUT2D eigenvalue weighted by molar-refractivity contribution is -0.384. The highest BCUT2D eigenvalue weighted by atomic mass is 79.9. The number of nitrogens with zero attached hydrogens (tertiary/aromatic N) is 2. The average Bonchev–Trinajstić information content (AvgIpc) is 2.39. The molecule has 2 aromatic carbocycles. The molecule has 2 rings (SSSR count). The Morgan fingerprint density at radius 3 is 1.89 bits per heavy atom. The van der Waals surface area contributed by atoms with E-state index >= 15 is 0 Å². The zero-order chi connectivity index (χ0) is 13.1. The Morgan fingerprint density at radius 1 is 1.00 bits per heavy atom. The Morgan fingerprint density at radius 2 is 1.44 bits per heavy atom. The van der Waals surface area contributed by atoms with E-state index in [0.717, 1.165) is 15.8 Å². The first-order valence-electron chi connectivity index (χ1n) is 5.31. The number of hydrogen-bond acceptors (Lipinski definition) is 3. The van der Waals surface area contributed by atoms with Gasteiger partial charge in [-0.3, -0.25) is 10.1 Å². The van der Waals surface area contributed by atoms with E-state index in [0.29, 0.717) is 0 Å². The second-order valence-electron chi connectivity index (χ2n) is 3.81. The van der Waals surface area contributed by atoms with Crippen LogP contribution in [-0.2, 0) is 0 Å². The molecule has 0 fully saturated rings. The number of anilines is 2. The zero-order valence-electron chi connectivity index (χ0n) is 9.71. The number of rotatable bonds is 3. The van der Waals surface area contributed by atoms with Crippen LogP contribution in [0.15, 0.2) is 53.0 Å². The number of benzene rings is 2. The highest BCUT2D eigenvalue weighted by molar-refractivity contribution is 9.10. The lowest BCUT2D eigenvalue weighted by Crippen LogP contribution is -2.08. The van der Waals surface area contributed by atoms with Crippen molar-refractivity contribution in [2.75, 3.05) is 11.9 Å². The molecule has 0 N–H and O–H groups in total. The van der Waals surface area contributed by atoms with Crippen LogP contribution in [0.2, 0.25) is 0 Å². The third-order valence-electron chi connectivity index (χ3n) is 2.66. The van der Waals surface area contributed by atoms with Crippen LogP contribution in [0, 0.1) is 10.1 Å². The van der Waals surface area contributed by atoms with Crippen LogP contribution in [0.3, 0.4) is 0 Å². The molecule has 0 saturated heterocycles. The van der Waals surface area contributed by atoms with Crippen LogP contribution < -0.4 is 4.90 Å². The Kier molecular flexibility index (Phi) is 3.62. The Labute approximate surface area is 113 Å². The molecule has 0 heterocycles. The molecule has 0 unspecified atom stereocenters. The molecule has 0 aliphatic heterocycles. The van der Waals surface area contributed by atoms with Gasteiger partial charge in [0.2, 0.25) is 0 Å². The molecule has 0 saturated carbocycles. The number of halogens is 1. The summed E-state index contributed by atoms with van der Waals surface area (Å²) in [6, 6.07) is 14.3. The van der Waals surface area contributed by atoms with Crippen LogP contribution in [-0.4, -0.2) is 12.0 Å². The van der Waals surface area contributed by atoms with Gasteiger partial charge in [-0.2, -0.15) is 0 Å². The molecule has 5 heteroatoms. The molecule has 0 aliphatic carbocycles. The van der Waals surface area contributed by atoms with Crippen LogP contribution in [0.5, 0.6) is 0 Å². The van der Waals surface area contributed by atoms with Gasteiger partial charge in [-0.05, 0) is 36.4 Å². The SMILES string of the molecule is CN(c1ccc(Br)cc1)c1ccc([N+](=O)[O-])cc1. The van der Waals surface area contributed by atoms with Gasteiger partial charge in [-0.25, -0.2) is 0 Å². The van der Waals surface area contributed by atoms with Gasteiger partial charge in [0.05, 0.1) is 4.92 Å². The molecule has 4 nitrogen and oxygen atoms in total. The molecule has 0 bridgehead atoms. The van der Waals surface area contributed by atoms with Crippen molar-refractivity contribution in [3.8, 4) is 0 Å². The summed E-state index contributed by atoms with van der Waals surface area (Å²) in [5.74, 6) is 0. The molecular weight excluding hydrogens is 296 g/mol. The van der Waals surface area contributed by atoms with E-state index in [4.69, 9.17) is 0 Å². The van der Waals surface area contributed by atoms with Crippen molar-refractivity contribution < 1.29 is 4.92 Å². The van der Waals surface area contributed by atoms with Crippen molar-refractivity contribution in [3.05, 3.63) is 63.1 Å². The fraction of sp³-hybridized carbons (Fsp3) is 0.0769. The van der Waals surface area contributed by atoms with E-state index in [9.17, 15) is 10.1 Å². The van der Waals surface area contributed by atoms with Crippen LogP contribution in [0.25, 0.3) is 0 Å². The summed E-state index contributed by atoms with van der Waals surface area (Å²) in [5.41, 5.74) is 2.03. The average molecular weight is 307 g/mol. The van der Waals surface area contributed by atoms with Crippen molar-refractivity contribution >= 4 is 33.0 Å². The van der Waals surface area contributed by atoms with Gasteiger partial charge in [-0.1, -0.05) is 15.9 Å². The lowest BCUT2D eigenvalue weighted by Gasteiger charge is -2.19. The third kappa shape index (κ3) is 2.68. The lowest BCUT2D eigenvalue weighted by atomic mass is 10.2. The minimum atomic E-state index is -0.399. The maximum Gasteiger partial charge on any atom is 0.269 e. The van der Waals surface area contributed by atoms with Gasteiger partial charge in [0.15, 0.2) is 0 Å². The molecule has 0 atom stereocenters. The summed E-state index contributed by atoms with van der Waals surface area (Å²) in [6.07, 6.45) is 0. The van der Waals surface area contributed by atoms with Gasteiger partial charge in [0.25, 0.3) is 5.69 Å². The summed E-state index contributed by atoms with van der Waals surface area (Å²) in [7, 11) is 1.92. The molecule has 0 amide bonds. The van der Waals surface area contributed by atoms with E-state index < -0.39 is 4.92 Å². The molecule has 0 radical (unpaired) electrons. The van der Waals surface area contributed by atoms with Gasteiger partial charge < -0.3 is 4.90 Å². The molecular formula is C13H11BrN2O2. The smallest absolute Gasteiger partial charge is 0.269 e. The molecule has 0 aliphatic rings. The first-order valence-corrected chi connectivity index (χ1v) is 6.11. The van der Waals surface area contributed by atoms with Gasteiger partial charge in [-0.15, -0.1) is 0 Å². The molecule has 92 valence electrons. The first kappa shape index (κ1) is 12.6. The van der Waals surface area contributed by atoms with Crippen molar-refractivity contribution in [2.24, 2.45) is 0 Å². The van der Waals surface area contributed by atoms with Crippen molar-refractivity contribution in [3.63, 3.8) is 0 Å². The van der Waals surface area contributed by atoms with Gasteiger partial charge >= 0.3 is 0 Å². The second-order valence-corrected chi connectivity index (χ2v) is 4.72. The van der Waals surface area contributed by atoms with E-state index in [1.165, 1.54) is 12.1 Å². The summed E-state index contributed by atoms with van der Waals surface area (Å²) in [6.45, 7) is 0. The maximum atomic E-state index is 10.6. The highest BCUT2D eigenvalue weighted by Gasteiger charge is 2.07. The monoisotopic (exact) mass is 306 g/mol. The second kappa shape index (κ2) is 5.18. The summed E-state index contributed by atoms with van der Waals surface area (Å²) < 4.78 is 1.02. The molecule has 2 aromatic rings. The van der Waals surface area contributed by atoms with Crippen LogP contribution in [0.1, 0.15) is 0 Å². The fourth-order valence-electron chi connectivity index (χ4n) is 1.61. The molecule has 18 heavy (non-hydrogen) atoms. The number of hydrogen-bond donors (Lipinski definition) is 0. The fourth-order valence-corrected chi connectivity index (χ4v) is 1.88. The largest absolute Gasteiger partial charge is 0.345 e. The van der Waals surface area contributed by atoms with Gasteiger partial charge in [0.1, 0.15) is 0 Å². The maximum absolute atomic E-state index is 10.6. The quantitative estimate of drug-likeness (QED) is 0.633. The Balaban J connectivity index is 2.25. The number of nitro benzene ring substituents is 1. The predicted molar refractivity (Wildman–Crippen MR) is 75.3 cm³/mol. The Hall–Kier alpha value is -1.88. The zero-order valence-corrected chi connectivity index (χ0v) is 11.3. The topological polar surface area (TPSA) is 46.4 Å². The van der Waals surface area contributed by atoms with E-state index in [1.54, 1.807) is 12.1 Å². The number of non-ortho nitro benzene ring substituents is 1. The van der Waals surface area contributed by atoms with Crippen LogP contribution >= 0.6 is 15.9 Å². The molecule has 0 spiro atoms. The minimum Gasteiger partial charge on any atom is -0.345 e. The van der Waals surface area contributed by atoms with Crippen molar-refractivity contribution in [1.29, 1.82) is 0 Å². The van der Waals surface area contributed by atoms with Crippen LogP contribution in [0.4, 0.5) is 17.1 Å². The summed E-state index contributed by atoms with van der Waals surface area (Å²) in [4.78, 5) is 12.1. The van der Waals surface area contributed by atoms with E-state index in [2.05, 4.69) is 15.9 Å². The van der Waals surface area contributed by atoms with E-state index in [1.807, 2.05) is 36.2 Å². The third-order valence-corrected chi connectivity index (χ3v) is 3.19. The van der Waals surface area contributed by atoms with E-state index in [-0.39, 0.29) is 5.69 Å². The predicted octanol–water partition coefficient (Wildman–Crippen LogP) is 4.13. The number of nitro groups is 1. The standard InChI is InChI=1S/C13H11BrN2O2/c1-15(11-4-2-10(14)3-5-11)12-6-8-13(9-7-12)16(17)18/h2-9H,1H3. The minimum absolute atomic E-state index is 0.1000. The normalized spacial score (nSPS) is 10.1. The van der Waals surface area contributed by atoms with Crippen molar-refractivity contribution in [1.82, 2.24) is 0 Å². The highest BCUT2D eigenvalue weighted by Crippen LogP contribution is 2.26. The Bertz CT molecular complexity index is 552. The molecule has 0 aromatic heterocycles. The summed E-state index contributed by atoms with van der Waals surface area (Å²) >= 11 is 3.38. The van der Waals surface area contributed by atoms with Crippen molar-refractivity contribution in [2.45, 2.75) is 0 Å². The first-order chi connectivity index (χ1) is 8.58.